The minimum absolute atomic E-state index is 0.0456. The fourth-order valence-electron chi connectivity index (χ4n) is 2.18. The van der Waals surface area contributed by atoms with Crippen molar-refractivity contribution in [3.8, 4) is 0 Å². The van der Waals surface area contributed by atoms with Crippen molar-refractivity contribution in [3.63, 3.8) is 0 Å². The molecule has 0 spiro atoms. The predicted octanol–water partition coefficient (Wildman–Crippen LogP) is -0.491. The Morgan fingerprint density at radius 3 is 2.80 bits per heavy atom. The molecule has 0 saturated carbocycles. The molecule has 8 heteroatoms. The van der Waals surface area contributed by atoms with Gasteiger partial charge in [0.2, 0.25) is 0 Å². The third kappa shape index (κ3) is 4.22. The third-order valence-corrected chi connectivity index (χ3v) is 4.38. The summed E-state index contributed by atoms with van der Waals surface area (Å²) in [6.45, 7) is 3.18. The van der Waals surface area contributed by atoms with Crippen LogP contribution in [0.25, 0.3) is 0 Å². The Kier molecular flexibility index (Phi) is 5.44. The molecule has 0 radical (unpaired) electrons. The van der Waals surface area contributed by atoms with E-state index in [1.165, 1.54) is 7.05 Å². The van der Waals surface area contributed by atoms with Gasteiger partial charge in [-0.05, 0) is 11.6 Å². The Hall–Kier alpha value is -1.06. The molecule has 0 aliphatic carbocycles. The SMILES string of the molecule is CNS(=O)(=O)NCC(c1cccnc1)N1CCOCC1. The van der Waals surface area contributed by atoms with Gasteiger partial charge in [0.05, 0.1) is 19.3 Å². The molecule has 1 aliphatic rings. The second kappa shape index (κ2) is 7.09. The quantitative estimate of drug-likeness (QED) is 0.740. The summed E-state index contributed by atoms with van der Waals surface area (Å²) < 4.78 is 33.2. The number of hydrogen-bond donors (Lipinski definition) is 2. The summed E-state index contributed by atoms with van der Waals surface area (Å²) in [7, 11) is -2.05. The first-order chi connectivity index (χ1) is 9.62. The van der Waals surface area contributed by atoms with E-state index >= 15 is 0 Å². The molecule has 1 aromatic heterocycles. The van der Waals surface area contributed by atoms with Crippen LogP contribution >= 0.6 is 0 Å². The highest BCUT2D eigenvalue weighted by Crippen LogP contribution is 2.20. The standard InChI is InChI=1S/C12H20N4O3S/c1-13-20(17,18)15-10-12(11-3-2-4-14-9-11)16-5-7-19-8-6-16/h2-4,9,12-13,15H,5-8,10H2,1H3. The van der Waals surface area contributed by atoms with Crippen LogP contribution in [0.15, 0.2) is 24.5 Å². The molecule has 7 nitrogen and oxygen atoms in total. The largest absolute Gasteiger partial charge is 0.379 e. The monoisotopic (exact) mass is 300 g/mol. The van der Waals surface area contributed by atoms with Crippen LogP contribution in [0.2, 0.25) is 0 Å². The number of aromatic nitrogens is 1. The van der Waals surface area contributed by atoms with Crippen molar-refractivity contribution in [2.45, 2.75) is 6.04 Å². The molecule has 1 aliphatic heterocycles. The molecular formula is C12H20N4O3S. The van der Waals surface area contributed by atoms with Gasteiger partial charge in [-0.3, -0.25) is 9.88 Å². The molecule has 1 unspecified atom stereocenters. The van der Waals surface area contributed by atoms with Gasteiger partial charge in [0.25, 0.3) is 10.2 Å². The minimum Gasteiger partial charge on any atom is -0.379 e. The fraction of sp³-hybridized carbons (Fsp3) is 0.583. The van der Waals surface area contributed by atoms with Gasteiger partial charge in [0.15, 0.2) is 0 Å². The van der Waals surface area contributed by atoms with Gasteiger partial charge in [-0.25, -0.2) is 9.44 Å². The van der Waals surface area contributed by atoms with Gasteiger partial charge < -0.3 is 4.74 Å². The van der Waals surface area contributed by atoms with Crippen LogP contribution < -0.4 is 9.44 Å². The maximum absolute atomic E-state index is 11.5. The van der Waals surface area contributed by atoms with Crippen LogP contribution in [0.4, 0.5) is 0 Å². The highest BCUT2D eigenvalue weighted by atomic mass is 32.2. The van der Waals surface area contributed by atoms with Crippen LogP contribution in [-0.4, -0.2) is 58.2 Å². The Labute approximate surface area is 119 Å². The van der Waals surface area contributed by atoms with Gasteiger partial charge in [-0.2, -0.15) is 8.42 Å². The van der Waals surface area contributed by atoms with Crippen molar-refractivity contribution in [1.82, 2.24) is 19.3 Å². The van der Waals surface area contributed by atoms with Gasteiger partial charge in [-0.1, -0.05) is 6.07 Å². The Bertz CT molecular complexity index is 503. The fourth-order valence-corrected chi connectivity index (χ4v) is 2.70. The van der Waals surface area contributed by atoms with E-state index in [2.05, 4.69) is 19.3 Å². The third-order valence-electron chi connectivity index (χ3n) is 3.29. The first-order valence-corrected chi connectivity index (χ1v) is 8.00. The summed E-state index contributed by atoms with van der Waals surface area (Å²) in [6, 6.07) is 3.77. The number of pyridine rings is 1. The molecule has 112 valence electrons. The van der Waals surface area contributed by atoms with Crippen LogP contribution in [-0.2, 0) is 14.9 Å². The highest BCUT2D eigenvalue weighted by Gasteiger charge is 2.24. The maximum atomic E-state index is 11.5. The topological polar surface area (TPSA) is 83.6 Å². The summed E-state index contributed by atoms with van der Waals surface area (Å²) in [5.74, 6) is 0. The van der Waals surface area contributed by atoms with Crippen LogP contribution in [0.5, 0.6) is 0 Å². The molecule has 2 heterocycles. The van der Waals surface area contributed by atoms with Crippen molar-refractivity contribution in [1.29, 1.82) is 0 Å². The average Bonchev–Trinajstić information content (AvgIpc) is 2.49. The lowest BCUT2D eigenvalue weighted by Crippen LogP contribution is -2.45. The predicted molar refractivity (Wildman–Crippen MR) is 75.4 cm³/mol. The molecule has 2 rings (SSSR count). The summed E-state index contributed by atoms with van der Waals surface area (Å²) in [6.07, 6.45) is 3.48. The Balaban J connectivity index is 2.11. The Morgan fingerprint density at radius 1 is 1.45 bits per heavy atom. The summed E-state index contributed by atoms with van der Waals surface area (Å²) in [4.78, 5) is 6.32. The molecule has 1 saturated heterocycles. The molecule has 0 amide bonds. The van der Waals surface area contributed by atoms with E-state index in [-0.39, 0.29) is 6.04 Å². The molecule has 0 aromatic carbocycles. The molecule has 1 atom stereocenters. The van der Waals surface area contributed by atoms with E-state index in [1.807, 2.05) is 12.1 Å². The lowest BCUT2D eigenvalue weighted by Gasteiger charge is -2.34. The first kappa shape index (κ1) is 15.3. The molecule has 0 bridgehead atoms. The van der Waals surface area contributed by atoms with Crippen molar-refractivity contribution in [3.05, 3.63) is 30.1 Å². The summed E-state index contributed by atoms with van der Waals surface area (Å²) >= 11 is 0. The van der Waals surface area contributed by atoms with Crippen LogP contribution in [0, 0.1) is 0 Å². The minimum atomic E-state index is -3.44. The molecule has 1 fully saturated rings. The highest BCUT2D eigenvalue weighted by molar-refractivity contribution is 7.87. The smallest absolute Gasteiger partial charge is 0.276 e. The van der Waals surface area contributed by atoms with Gasteiger partial charge >= 0.3 is 0 Å². The second-order valence-corrected chi connectivity index (χ2v) is 6.21. The summed E-state index contributed by atoms with van der Waals surface area (Å²) in [5, 5.41) is 0. The van der Waals surface area contributed by atoms with E-state index in [0.717, 1.165) is 18.7 Å². The lowest BCUT2D eigenvalue weighted by atomic mass is 10.1. The normalized spacial score (nSPS) is 18.9. The second-order valence-electron chi connectivity index (χ2n) is 4.51. The van der Waals surface area contributed by atoms with Gasteiger partial charge in [0.1, 0.15) is 0 Å². The maximum Gasteiger partial charge on any atom is 0.276 e. The number of nitrogens with one attached hydrogen (secondary N) is 2. The number of hydrogen-bond acceptors (Lipinski definition) is 5. The van der Waals surface area contributed by atoms with Crippen molar-refractivity contribution in [2.24, 2.45) is 0 Å². The molecular weight excluding hydrogens is 280 g/mol. The van der Waals surface area contributed by atoms with E-state index in [4.69, 9.17) is 4.74 Å². The zero-order valence-corrected chi connectivity index (χ0v) is 12.3. The molecule has 20 heavy (non-hydrogen) atoms. The number of morpholine rings is 1. The van der Waals surface area contributed by atoms with Crippen molar-refractivity contribution < 1.29 is 13.2 Å². The molecule has 2 N–H and O–H groups in total. The summed E-state index contributed by atoms with van der Waals surface area (Å²) in [5.41, 5.74) is 0.994. The first-order valence-electron chi connectivity index (χ1n) is 6.52. The van der Waals surface area contributed by atoms with Crippen molar-refractivity contribution in [2.75, 3.05) is 39.9 Å². The van der Waals surface area contributed by atoms with E-state index in [9.17, 15) is 8.42 Å². The number of nitrogens with zero attached hydrogens (tertiary/aromatic N) is 2. The van der Waals surface area contributed by atoms with Gasteiger partial charge in [-0.15, -0.1) is 0 Å². The van der Waals surface area contributed by atoms with Crippen LogP contribution in [0.3, 0.4) is 0 Å². The average molecular weight is 300 g/mol. The lowest BCUT2D eigenvalue weighted by molar-refractivity contribution is 0.0171. The van der Waals surface area contributed by atoms with Crippen LogP contribution in [0.1, 0.15) is 11.6 Å². The number of rotatable bonds is 6. The van der Waals surface area contributed by atoms with Gasteiger partial charge in [0, 0.05) is 39.1 Å². The zero-order chi connectivity index (χ0) is 14.4. The molecule has 1 aromatic rings. The van der Waals surface area contributed by atoms with Crippen molar-refractivity contribution >= 4 is 10.2 Å². The van der Waals surface area contributed by atoms with E-state index in [1.54, 1.807) is 12.4 Å². The zero-order valence-electron chi connectivity index (χ0n) is 11.4. The van der Waals surface area contributed by atoms with E-state index < -0.39 is 10.2 Å². The number of ether oxygens (including phenoxy) is 1. The Morgan fingerprint density at radius 2 is 2.20 bits per heavy atom. The van der Waals surface area contributed by atoms with E-state index in [0.29, 0.717) is 19.8 Å².